The first-order chi connectivity index (χ1) is 7.86. The summed E-state index contributed by atoms with van der Waals surface area (Å²) in [5, 5.41) is 19.7. The van der Waals surface area contributed by atoms with Crippen LogP contribution in [0.5, 0.6) is 0 Å². The van der Waals surface area contributed by atoms with E-state index in [-0.39, 0.29) is 24.0 Å². The van der Waals surface area contributed by atoms with E-state index in [1.165, 1.54) is 0 Å². The van der Waals surface area contributed by atoms with Crippen LogP contribution < -0.4 is 0 Å². The van der Waals surface area contributed by atoms with Gasteiger partial charge < -0.3 is 9.84 Å². The van der Waals surface area contributed by atoms with Gasteiger partial charge in [-0.2, -0.15) is 5.26 Å². The molecule has 17 heavy (non-hydrogen) atoms. The summed E-state index contributed by atoms with van der Waals surface area (Å²) in [6, 6.07) is 2.05. The summed E-state index contributed by atoms with van der Waals surface area (Å²) in [6.07, 6.45) is 0.924. The molecule has 1 heterocycles. The molecule has 1 atom stereocenters. The standard InChI is InChI=1S/C11H17NO4S/c1-2-16-9-5-11(13,6-9)10(7-12)3-4-17(14,15)8-10/h9,13H,2-6,8H2,1H3. The Morgan fingerprint density at radius 2 is 2.18 bits per heavy atom. The Morgan fingerprint density at radius 1 is 1.53 bits per heavy atom. The molecule has 5 nitrogen and oxygen atoms in total. The Bertz CT molecular complexity index is 447. The average molecular weight is 259 g/mol. The maximum absolute atomic E-state index is 11.5. The fourth-order valence-electron chi connectivity index (χ4n) is 2.85. The average Bonchev–Trinajstić information content (AvgIpc) is 2.54. The van der Waals surface area contributed by atoms with Gasteiger partial charge in [0.25, 0.3) is 0 Å². The van der Waals surface area contributed by atoms with Gasteiger partial charge in [0.2, 0.25) is 0 Å². The Balaban J connectivity index is 2.14. The second-order valence-electron chi connectivity index (χ2n) is 5.05. The molecule has 1 aliphatic carbocycles. The van der Waals surface area contributed by atoms with Crippen LogP contribution >= 0.6 is 0 Å². The molecule has 0 aromatic rings. The molecule has 1 saturated heterocycles. The quantitative estimate of drug-likeness (QED) is 0.784. The van der Waals surface area contributed by atoms with Gasteiger partial charge in [-0.3, -0.25) is 0 Å². The number of sulfone groups is 1. The predicted molar refractivity (Wildman–Crippen MR) is 60.9 cm³/mol. The van der Waals surface area contributed by atoms with Crippen molar-refractivity contribution < 1.29 is 18.3 Å². The number of ether oxygens (including phenoxy) is 1. The van der Waals surface area contributed by atoms with Crippen LogP contribution in [0.4, 0.5) is 0 Å². The van der Waals surface area contributed by atoms with Gasteiger partial charge in [-0.15, -0.1) is 0 Å². The summed E-state index contributed by atoms with van der Waals surface area (Å²) in [6.45, 7) is 2.44. The summed E-state index contributed by atoms with van der Waals surface area (Å²) < 4.78 is 28.4. The highest BCUT2D eigenvalue weighted by Gasteiger charge is 2.62. The van der Waals surface area contributed by atoms with E-state index < -0.39 is 20.9 Å². The molecule has 0 aromatic carbocycles. The Kier molecular flexibility index (Phi) is 2.97. The van der Waals surface area contributed by atoms with Crippen molar-refractivity contribution in [2.75, 3.05) is 18.1 Å². The zero-order valence-corrected chi connectivity index (χ0v) is 10.7. The van der Waals surface area contributed by atoms with Crippen molar-refractivity contribution in [3.63, 3.8) is 0 Å². The number of nitrogens with zero attached hydrogens (tertiary/aromatic N) is 1. The van der Waals surface area contributed by atoms with Crippen molar-refractivity contribution in [2.45, 2.75) is 37.9 Å². The van der Waals surface area contributed by atoms with Crippen LogP contribution in [0.1, 0.15) is 26.2 Å². The molecule has 1 unspecified atom stereocenters. The van der Waals surface area contributed by atoms with Gasteiger partial charge in [0, 0.05) is 19.4 Å². The van der Waals surface area contributed by atoms with Crippen molar-refractivity contribution in [2.24, 2.45) is 5.41 Å². The van der Waals surface area contributed by atoms with Gasteiger partial charge in [0.1, 0.15) is 5.41 Å². The summed E-state index contributed by atoms with van der Waals surface area (Å²) in [7, 11) is -3.18. The van der Waals surface area contributed by atoms with E-state index in [4.69, 9.17) is 4.74 Å². The van der Waals surface area contributed by atoms with E-state index >= 15 is 0 Å². The fourth-order valence-corrected chi connectivity index (χ4v) is 4.88. The molecule has 2 rings (SSSR count). The zero-order chi connectivity index (χ0) is 12.7. The zero-order valence-electron chi connectivity index (χ0n) is 9.85. The maximum atomic E-state index is 11.5. The van der Waals surface area contributed by atoms with Crippen molar-refractivity contribution in [3.05, 3.63) is 0 Å². The third-order valence-corrected chi connectivity index (χ3v) is 5.70. The molecule has 0 radical (unpaired) electrons. The van der Waals surface area contributed by atoms with Gasteiger partial charge in [0.15, 0.2) is 9.84 Å². The van der Waals surface area contributed by atoms with E-state index in [2.05, 4.69) is 6.07 Å². The first kappa shape index (κ1) is 12.8. The van der Waals surface area contributed by atoms with E-state index in [1.807, 2.05) is 6.92 Å². The third-order valence-electron chi connectivity index (χ3n) is 3.94. The van der Waals surface area contributed by atoms with Crippen molar-refractivity contribution in [1.82, 2.24) is 0 Å². The van der Waals surface area contributed by atoms with E-state index in [1.54, 1.807) is 0 Å². The van der Waals surface area contributed by atoms with Crippen LogP contribution in [0, 0.1) is 16.7 Å². The third kappa shape index (κ3) is 1.96. The number of rotatable bonds is 3. The molecule has 6 heteroatoms. The Morgan fingerprint density at radius 3 is 2.59 bits per heavy atom. The minimum Gasteiger partial charge on any atom is -0.388 e. The highest BCUT2D eigenvalue weighted by molar-refractivity contribution is 7.91. The van der Waals surface area contributed by atoms with Gasteiger partial charge in [-0.1, -0.05) is 0 Å². The van der Waals surface area contributed by atoms with Crippen molar-refractivity contribution >= 4 is 9.84 Å². The van der Waals surface area contributed by atoms with Gasteiger partial charge in [-0.05, 0) is 13.3 Å². The molecular formula is C11H17NO4S. The summed E-state index contributed by atoms with van der Waals surface area (Å²) >= 11 is 0. The number of hydrogen-bond acceptors (Lipinski definition) is 5. The number of nitriles is 1. The minimum absolute atomic E-state index is 0.00215. The van der Waals surface area contributed by atoms with E-state index in [0.29, 0.717) is 19.4 Å². The molecule has 0 bridgehead atoms. The highest BCUT2D eigenvalue weighted by Crippen LogP contribution is 2.52. The van der Waals surface area contributed by atoms with Gasteiger partial charge in [-0.25, -0.2) is 8.42 Å². The Labute approximate surface area is 101 Å². The van der Waals surface area contributed by atoms with Crippen LogP contribution in [0.15, 0.2) is 0 Å². The Hall–Kier alpha value is -0.640. The van der Waals surface area contributed by atoms with Crippen LogP contribution in [0.3, 0.4) is 0 Å². The highest BCUT2D eigenvalue weighted by atomic mass is 32.2. The molecule has 96 valence electrons. The smallest absolute Gasteiger partial charge is 0.152 e. The van der Waals surface area contributed by atoms with Crippen molar-refractivity contribution in [1.29, 1.82) is 5.26 Å². The fraction of sp³-hybridized carbons (Fsp3) is 0.909. The van der Waals surface area contributed by atoms with Crippen LogP contribution in [-0.4, -0.2) is 43.3 Å². The van der Waals surface area contributed by atoms with Crippen molar-refractivity contribution in [3.8, 4) is 6.07 Å². The van der Waals surface area contributed by atoms with Crippen LogP contribution in [0.2, 0.25) is 0 Å². The lowest BCUT2D eigenvalue weighted by Gasteiger charge is -2.50. The molecule has 0 spiro atoms. The molecule has 1 aliphatic heterocycles. The molecule has 0 amide bonds. The summed E-state index contributed by atoms with van der Waals surface area (Å²) in [4.78, 5) is 0. The second-order valence-corrected chi connectivity index (χ2v) is 7.24. The lowest BCUT2D eigenvalue weighted by molar-refractivity contribution is -0.180. The van der Waals surface area contributed by atoms with E-state index in [0.717, 1.165) is 0 Å². The van der Waals surface area contributed by atoms with Crippen LogP contribution in [0.25, 0.3) is 0 Å². The summed E-state index contributed by atoms with van der Waals surface area (Å²) in [5.74, 6) is -0.214. The summed E-state index contributed by atoms with van der Waals surface area (Å²) in [5.41, 5.74) is -2.31. The lowest BCUT2D eigenvalue weighted by Crippen LogP contribution is -2.59. The maximum Gasteiger partial charge on any atom is 0.152 e. The molecule has 1 N–H and O–H groups in total. The molecule has 2 aliphatic rings. The molecular weight excluding hydrogens is 242 g/mol. The first-order valence-electron chi connectivity index (χ1n) is 5.82. The van der Waals surface area contributed by atoms with Gasteiger partial charge in [0.05, 0.1) is 29.3 Å². The SMILES string of the molecule is CCOC1CC(O)(C2(C#N)CCS(=O)(=O)C2)C1. The minimum atomic E-state index is -3.18. The first-order valence-corrected chi connectivity index (χ1v) is 7.64. The van der Waals surface area contributed by atoms with Gasteiger partial charge >= 0.3 is 0 Å². The largest absolute Gasteiger partial charge is 0.388 e. The molecule has 2 fully saturated rings. The normalized spacial score (nSPS) is 43.9. The predicted octanol–water partition coefficient (Wildman–Crippen LogP) is 0.245. The van der Waals surface area contributed by atoms with E-state index in [9.17, 15) is 18.8 Å². The monoisotopic (exact) mass is 259 g/mol. The molecule has 1 saturated carbocycles. The van der Waals surface area contributed by atoms with Crippen LogP contribution in [-0.2, 0) is 14.6 Å². The second kappa shape index (κ2) is 3.94. The molecule has 0 aromatic heterocycles. The topological polar surface area (TPSA) is 87.4 Å². The number of aliphatic hydroxyl groups is 1. The lowest BCUT2D eigenvalue weighted by atomic mass is 9.60. The number of hydrogen-bond donors (Lipinski definition) is 1.